The first-order chi connectivity index (χ1) is 4.22. The summed E-state index contributed by atoms with van der Waals surface area (Å²) in [4.78, 5) is 19.7. The third kappa shape index (κ3) is 2.81. The van der Waals surface area contributed by atoms with E-state index in [1.54, 1.807) is 0 Å². The van der Waals surface area contributed by atoms with Gasteiger partial charge in [0, 0.05) is 6.42 Å². The highest BCUT2D eigenvalue weighted by atomic mass is 16.4. The second kappa shape index (κ2) is 4.03. The summed E-state index contributed by atoms with van der Waals surface area (Å²) in [5, 5.41) is 16.5. The molecule has 0 bridgehead atoms. The van der Waals surface area contributed by atoms with Crippen LogP contribution in [0.1, 0.15) is 6.42 Å². The molecule has 0 aromatic heterocycles. The average molecular weight is 132 g/mol. The van der Waals surface area contributed by atoms with Gasteiger partial charge in [0.15, 0.2) is 0 Å². The number of carbonyl (C=O) groups excluding carboxylic acids is 1. The van der Waals surface area contributed by atoms with Crippen molar-refractivity contribution in [1.82, 2.24) is 0 Å². The molecule has 0 aliphatic carbocycles. The van der Waals surface area contributed by atoms with Crippen LogP contribution in [0.25, 0.3) is 0 Å². The average Bonchev–Trinajstić information content (AvgIpc) is 1.82. The van der Waals surface area contributed by atoms with Gasteiger partial charge >= 0.3 is 5.97 Å². The topological polar surface area (TPSA) is 74.6 Å². The molecule has 0 saturated heterocycles. The number of aldehydes is 1. The minimum Gasteiger partial charge on any atom is -0.481 e. The quantitative estimate of drug-likeness (QED) is 0.494. The third-order valence-corrected chi connectivity index (χ3v) is 0.950. The Hall–Kier alpha value is -0.900. The van der Waals surface area contributed by atoms with Crippen LogP contribution in [-0.4, -0.2) is 29.1 Å². The number of carboxylic acid groups (broad SMARTS) is 1. The molecule has 0 aromatic carbocycles. The van der Waals surface area contributed by atoms with E-state index in [0.29, 0.717) is 6.29 Å². The second-order valence-corrected chi connectivity index (χ2v) is 1.62. The first kappa shape index (κ1) is 8.10. The van der Waals surface area contributed by atoms with Crippen molar-refractivity contribution in [3.05, 3.63) is 0 Å². The minimum absolute atomic E-state index is 0.119. The molecule has 1 atom stereocenters. The number of hydrogen-bond acceptors (Lipinski definition) is 3. The van der Waals surface area contributed by atoms with E-state index in [2.05, 4.69) is 0 Å². The second-order valence-electron chi connectivity index (χ2n) is 1.62. The lowest BCUT2D eigenvalue weighted by Gasteiger charge is -2.01. The summed E-state index contributed by atoms with van der Waals surface area (Å²) in [6.07, 6.45) is 0.362. The van der Waals surface area contributed by atoms with E-state index in [-0.39, 0.29) is 6.42 Å². The lowest BCUT2D eigenvalue weighted by Crippen LogP contribution is -2.17. The van der Waals surface area contributed by atoms with E-state index in [1.807, 2.05) is 0 Å². The summed E-state index contributed by atoms with van der Waals surface area (Å²) >= 11 is 0. The van der Waals surface area contributed by atoms with Crippen molar-refractivity contribution in [2.24, 2.45) is 5.92 Å². The molecule has 0 radical (unpaired) electrons. The van der Waals surface area contributed by atoms with Gasteiger partial charge in [-0.1, -0.05) is 0 Å². The van der Waals surface area contributed by atoms with Crippen LogP contribution in [0.5, 0.6) is 0 Å². The molecular weight excluding hydrogens is 124 g/mol. The Morgan fingerprint density at radius 2 is 2.22 bits per heavy atom. The van der Waals surface area contributed by atoms with Crippen molar-refractivity contribution in [2.75, 3.05) is 6.61 Å². The Morgan fingerprint density at radius 3 is 2.33 bits per heavy atom. The molecule has 1 unspecified atom stereocenters. The zero-order chi connectivity index (χ0) is 7.28. The van der Waals surface area contributed by atoms with Gasteiger partial charge in [-0.15, -0.1) is 0 Å². The van der Waals surface area contributed by atoms with Crippen LogP contribution in [0.4, 0.5) is 0 Å². The molecule has 52 valence electrons. The maximum Gasteiger partial charge on any atom is 0.309 e. The van der Waals surface area contributed by atoms with Gasteiger partial charge in [0.1, 0.15) is 6.29 Å². The Morgan fingerprint density at radius 1 is 1.67 bits per heavy atom. The molecule has 0 saturated carbocycles. The Kier molecular flexibility index (Phi) is 3.62. The summed E-state index contributed by atoms with van der Waals surface area (Å²) in [5.41, 5.74) is 0. The largest absolute Gasteiger partial charge is 0.481 e. The van der Waals surface area contributed by atoms with Crippen molar-refractivity contribution in [2.45, 2.75) is 6.42 Å². The van der Waals surface area contributed by atoms with E-state index in [1.165, 1.54) is 0 Å². The molecule has 0 amide bonds. The molecule has 9 heavy (non-hydrogen) atoms. The molecule has 0 rings (SSSR count). The van der Waals surface area contributed by atoms with Crippen LogP contribution >= 0.6 is 0 Å². The van der Waals surface area contributed by atoms with Gasteiger partial charge in [-0.05, 0) is 0 Å². The molecule has 0 aromatic rings. The molecule has 0 aliphatic heterocycles. The normalized spacial score (nSPS) is 12.6. The third-order valence-electron chi connectivity index (χ3n) is 0.950. The van der Waals surface area contributed by atoms with Crippen LogP contribution in [0.3, 0.4) is 0 Å². The summed E-state index contributed by atoms with van der Waals surface area (Å²) < 4.78 is 0. The lowest BCUT2D eigenvalue weighted by atomic mass is 10.1. The number of carboxylic acids is 1. The number of aliphatic hydroxyl groups is 1. The number of aliphatic carboxylic acids is 1. The van der Waals surface area contributed by atoms with E-state index in [4.69, 9.17) is 10.2 Å². The highest BCUT2D eigenvalue weighted by molar-refractivity contribution is 5.73. The Bertz CT molecular complexity index is 110. The minimum atomic E-state index is -1.13. The number of aliphatic hydroxyl groups excluding tert-OH is 1. The van der Waals surface area contributed by atoms with Gasteiger partial charge in [0.2, 0.25) is 0 Å². The van der Waals surface area contributed by atoms with Crippen molar-refractivity contribution in [3.8, 4) is 0 Å². The Labute approximate surface area is 52.1 Å². The maximum absolute atomic E-state index is 10.0. The van der Waals surface area contributed by atoms with Crippen LogP contribution < -0.4 is 0 Å². The highest BCUT2D eigenvalue weighted by Gasteiger charge is 2.14. The molecule has 0 heterocycles. The van der Waals surface area contributed by atoms with Gasteiger partial charge < -0.3 is 15.0 Å². The maximum atomic E-state index is 10.0. The summed E-state index contributed by atoms with van der Waals surface area (Å²) in [7, 11) is 0. The van der Waals surface area contributed by atoms with E-state index >= 15 is 0 Å². The van der Waals surface area contributed by atoms with Crippen LogP contribution in [0.15, 0.2) is 0 Å². The molecule has 0 fully saturated rings. The zero-order valence-electron chi connectivity index (χ0n) is 4.78. The molecule has 2 N–H and O–H groups in total. The van der Waals surface area contributed by atoms with Gasteiger partial charge in [0.25, 0.3) is 0 Å². The van der Waals surface area contributed by atoms with Crippen molar-refractivity contribution in [1.29, 1.82) is 0 Å². The summed E-state index contributed by atoms with van der Waals surface area (Å²) in [6, 6.07) is 0. The fourth-order valence-corrected chi connectivity index (χ4v) is 0.370. The fourth-order valence-electron chi connectivity index (χ4n) is 0.370. The smallest absolute Gasteiger partial charge is 0.309 e. The van der Waals surface area contributed by atoms with Gasteiger partial charge in [-0.3, -0.25) is 4.79 Å². The predicted molar refractivity (Wildman–Crippen MR) is 28.9 cm³/mol. The van der Waals surface area contributed by atoms with Crippen LogP contribution in [0.2, 0.25) is 0 Å². The number of hydrogen-bond donors (Lipinski definition) is 2. The van der Waals surface area contributed by atoms with Gasteiger partial charge in [0.05, 0.1) is 12.5 Å². The lowest BCUT2D eigenvalue weighted by molar-refractivity contribution is -0.144. The molecular formula is C5H8O4. The highest BCUT2D eigenvalue weighted by Crippen LogP contribution is 1.97. The van der Waals surface area contributed by atoms with Gasteiger partial charge in [-0.25, -0.2) is 0 Å². The van der Waals surface area contributed by atoms with E-state index in [9.17, 15) is 9.59 Å². The van der Waals surface area contributed by atoms with Crippen molar-refractivity contribution >= 4 is 12.3 Å². The standard InChI is InChI=1S/C5H8O4/c6-2-1-4(3-7)5(8)9/h2,4,7H,1,3H2,(H,8,9). The van der Waals surface area contributed by atoms with E-state index < -0.39 is 18.5 Å². The van der Waals surface area contributed by atoms with Crippen molar-refractivity contribution < 1.29 is 19.8 Å². The molecule has 4 nitrogen and oxygen atoms in total. The number of carbonyl (C=O) groups is 2. The number of rotatable bonds is 4. The SMILES string of the molecule is O=CCC(CO)C(=O)O. The van der Waals surface area contributed by atoms with Crippen molar-refractivity contribution in [3.63, 3.8) is 0 Å². The molecule has 4 heteroatoms. The monoisotopic (exact) mass is 132 g/mol. The summed E-state index contributed by atoms with van der Waals surface area (Å²) in [5.74, 6) is -2.06. The molecule has 0 spiro atoms. The van der Waals surface area contributed by atoms with E-state index in [0.717, 1.165) is 0 Å². The predicted octanol–water partition coefficient (Wildman–Crippen LogP) is -0.732. The summed E-state index contributed by atoms with van der Waals surface area (Å²) in [6.45, 7) is -0.478. The van der Waals surface area contributed by atoms with Crippen LogP contribution in [-0.2, 0) is 9.59 Å². The van der Waals surface area contributed by atoms with Gasteiger partial charge in [-0.2, -0.15) is 0 Å². The Balaban J connectivity index is 3.67. The zero-order valence-corrected chi connectivity index (χ0v) is 4.78. The first-order valence-electron chi connectivity index (χ1n) is 2.49. The fraction of sp³-hybridized carbons (Fsp3) is 0.600. The van der Waals surface area contributed by atoms with Crippen LogP contribution in [0, 0.1) is 5.92 Å². The first-order valence-corrected chi connectivity index (χ1v) is 2.49. The molecule has 0 aliphatic rings.